The van der Waals surface area contributed by atoms with E-state index < -0.39 is 0 Å². The van der Waals surface area contributed by atoms with Gasteiger partial charge in [0.1, 0.15) is 16.8 Å². The molecule has 5 nitrogen and oxygen atoms in total. The molecule has 0 aromatic carbocycles. The molecule has 18 heavy (non-hydrogen) atoms. The van der Waals surface area contributed by atoms with Gasteiger partial charge in [-0.05, 0) is 13.3 Å². The number of carbonyl (C=O) groups is 1. The van der Waals surface area contributed by atoms with Crippen molar-refractivity contribution in [1.82, 2.24) is 9.97 Å². The second kappa shape index (κ2) is 7.87. The fourth-order valence-electron chi connectivity index (χ4n) is 1.40. The fraction of sp³-hybridized carbons (Fsp3) is 0.583. The van der Waals surface area contributed by atoms with Crippen LogP contribution in [0.4, 0.5) is 5.82 Å². The number of hydrogen-bond donors (Lipinski definition) is 1. The summed E-state index contributed by atoms with van der Waals surface area (Å²) in [6.45, 7) is 4.84. The van der Waals surface area contributed by atoms with E-state index in [0.29, 0.717) is 42.8 Å². The van der Waals surface area contributed by atoms with Crippen molar-refractivity contribution in [2.45, 2.75) is 33.1 Å². The van der Waals surface area contributed by atoms with E-state index in [0.717, 1.165) is 6.42 Å². The molecule has 0 amide bonds. The zero-order valence-corrected chi connectivity index (χ0v) is 11.5. The first-order valence-electron chi connectivity index (χ1n) is 6.08. The molecule has 0 aliphatic carbocycles. The molecule has 0 fully saturated rings. The first kappa shape index (κ1) is 14.7. The molecule has 0 atom stereocenters. The highest BCUT2D eigenvalue weighted by atomic mass is 35.5. The average molecular weight is 272 g/mol. The SMILES string of the molecule is CCOC(=O)CCCNc1cc(Cl)nc(CC)n1. The molecule has 1 heterocycles. The van der Waals surface area contributed by atoms with Crippen LogP contribution in [-0.2, 0) is 16.0 Å². The molecule has 0 saturated heterocycles. The first-order valence-corrected chi connectivity index (χ1v) is 6.46. The highest BCUT2D eigenvalue weighted by molar-refractivity contribution is 6.29. The molecule has 0 saturated carbocycles. The van der Waals surface area contributed by atoms with Crippen molar-refractivity contribution in [3.05, 3.63) is 17.0 Å². The number of ether oxygens (including phenoxy) is 1. The van der Waals surface area contributed by atoms with Gasteiger partial charge in [0, 0.05) is 25.5 Å². The van der Waals surface area contributed by atoms with E-state index in [1.807, 2.05) is 6.92 Å². The van der Waals surface area contributed by atoms with Crippen LogP contribution in [0.1, 0.15) is 32.5 Å². The number of hydrogen-bond acceptors (Lipinski definition) is 5. The lowest BCUT2D eigenvalue weighted by molar-refractivity contribution is -0.143. The Bertz CT molecular complexity index is 399. The van der Waals surface area contributed by atoms with Crippen LogP contribution < -0.4 is 5.32 Å². The van der Waals surface area contributed by atoms with Crippen LogP contribution in [0, 0.1) is 0 Å². The summed E-state index contributed by atoms with van der Waals surface area (Å²) >= 11 is 5.87. The Morgan fingerprint density at radius 3 is 2.89 bits per heavy atom. The molecule has 0 bridgehead atoms. The molecule has 0 unspecified atom stereocenters. The molecule has 100 valence electrons. The number of anilines is 1. The first-order chi connectivity index (χ1) is 8.65. The molecule has 0 radical (unpaired) electrons. The van der Waals surface area contributed by atoms with Crippen LogP contribution in [0.5, 0.6) is 0 Å². The predicted octanol–water partition coefficient (Wildman–Crippen LogP) is 2.45. The van der Waals surface area contributed by atoms with Crippen LogP contribution in [0.2, 0.25) is 5.15 Å². The predicted molar refractivity (Wildman–Crippen MR) is 70.8 cm³/mol. The highest BCUT2D eigenvalue weighted by Gasteiger charge is 2.03. The van der Waals surface area contributed by atoms with E-state index in [1.54, 1.807) is 13.0 Å². The average Bonchev–Trinajstić information content (AvgIpc) is 2.34. The van der Waals surface area contributed by atoms with Crippen LogP contribution in [0.15, 0.2) is 6.07 Å². The summed E-state index contributed by atoms with van der Waals surface area (Å²) in [5, 5.41) is 3.54. The van der Waals surface area contributed by atoms with E-state index in [9.17, 15) is 4.79 Å². The number of esters is 1. The second-order valence-corrected chi connectivity index (χ2v) is 4.07. The molecular weight excluding hydrogens is 254 g/mol. The molecule has 1 aromatic rings. The Hall–Kier alpha value is -1.36. The molecule has 0 aliphatic rings. The monoisotopic (exact) mass is 271 g/mol. The largest absolute Gasteiger partial charge is 0.466 e. The molecule has 1 N–H and O–H groups in total. The summed E-state index contributed by atoms with van der Waals surface area (Å²) in [4.78, 5) is 19.5. The number of aryl methyl sites for hydroxylation is 1. The minimum absolute atomic E-state index is 0.172. The minimum atomic E-state index is -0.172. The smallest absolute Gasteiger partial charge is 0.305 e. The lowest BCUT2D eigenvalue weighted by Crippen LogP contribution is -2.09. The van der Waals surface area contributed by atoms with Gasteiger partial charge >= 0.3 is 5.97 Å². The third kappa shape index (κ3) is 5.31. The van der Waals surface area contributed by atoms with Crippen LogP contribution in [-0.4, -0.2) is 29.1 Å². The van der Waals surface area contributed by atoms with Crippen molar-refractivity contribution in [2.75, 3.05) is 18.5 Å². The Labute approximate surface area is 112 Å². The van der Waals surface area contributed by atoms with E-state index in [1.165, 1.54) is 0 Å². The fourth-order valence-corrected chi connectivity index (χ4v) is 1.60. The minimum Gasteiger partial charge on any atom is -0.466 e. The van der Waals surface area contributed by atoms with Crippen molar-refractivity contribution < 1.29 is 9.53 Å². The van der Waals surface area contributed by atoms with Gasteiger partial charge in [0.05, 0.1) is 6.61 Å². The normalized spacial score (nSPS) is 10.2. The lowest BCUT2D eigenvalue weighted by atomic mass is 10.3. The highest BCUT2D eigenvalue weighted by Crippen LogP contribution is 2.12. The summed E-state index contributed by atoms with van der Waals surface area (Å²) in [5.41, 5.74) is 0. The van der Waals surface area contributed by atoms with Crippen molar-refractivity contribution in [3.8, 4) is 0 Å². The second-order valence-electron chi connectivity index (χ2n) is 3.68. The molecule has 1 aromatic heterocycles. The number of nitrogens with zero attached hydrogens (tertiary/aromatic N) is 2. The van der Waals surface area contributed by atoms with E-state index in [-0.39, 0.29) is 5.97 Å². The van der Waals surface area contributed by atoms with E-state index in [4.69, 9.17) is 16.3 Å². The Kier molecular flexibility index (Phi) is 6.43. The van der Waals surface area contributed by atoms with Crippen LogP contribution in [0.3, 0.4) is 0 Å². The van der Waals surface area contributed by atoms with Gasteiger partial charge in [-0.1, -0.05) is 18.5 Å². The van der Waals surface area contributed by atoms with Crippen molar-refractivity contribution in [2.24, 2.45) is 0 Å². The van der Waals surface area contributed by atoms with Gasteiger partial charge in [-0.15, -0.1) is 0 Å². The zero-order chi connectivity index (χ0) is 13.4. The Morgan fingerprint density at radius 2 is 2.22 bits per heavy atom. The molecule has 0 spiro atoms. The maximum absolute atomic E-state index is 11.1. The third-order valence-electron chi connectivity index (χ3n) is 2.23. The third-order valence-corrected chi connectivity index (χ3v) is 2.42. The number of rotatable bonds is 7. The van der Waals surface area contributed by atoms with Crippen molar-refractivity contribution in [3.63, 3.8) is 0 Å². The molecule has 1 rings (SSSR count). The lowest BCUT2D eigenvalue weighted by Gasteiger charge is -2.07. The van der Waals surface area contributed by atoms with E-state index in [2.05, 4.69) is 15.3 Å². The standard InChI is InChI=1S/C12H18ClN3O2/c1-3-10-15-9(13)8-11(16-10)14-7-5-6-12(17)18-4-2/h8H,3-7H2,1-2H3,(H,14,15,16). The van der Waals surface area contributed by atoms with Gasteiger partial charge in [-0.2, -0.15) is 0 Å². The summed E-state index contributed by atoms with van der Waals surface area (Å²) < 4.78 is 4.84. The van der Waals surface area contributed by atoms with Gasteiger partial charge < -0.3 is 10.1 Å². The zero-order valence-electron chi connectivity index (χ0n) is 10.7. The number of aromatic nitrogens is 2. The van der Waals surface area contributed by atoms with Crippen LogP contribution >= 0.6 is 11.6 Å². The number of halogens is 1. The van der Waals surface area contributed by atoms with E-state index >= 15 is 0 Å². The summed E-state index contributed by atoms with van der Waals surface area (Å²) in [7, 11) is 0. The van der Waals surface area contributed by atoms with Gasteiger partial charge in [-0.3, -0.25) is 4.79 Å². The summed E-state index contributed by atoms with van der Waals surface area (Å²) in [6, 6.07) is 1.67. The van der Waals surface area contributed by atoms with Gasteiger partial charge in [0.2, 0.25) is 0 Å². The Morgan fingerprint density at radius 1 is 1.44 bits per heavy atom. The quantitative estimate of drug-likeness (QED) is 0.469. The Balaban J connectivity index is 2.35. The topological polar surface area (TPSA) is 64.1 Å². The van der Waals surface area contributed by atoms with Crippen LogP contribution in [0.25, 0.3) is 0 Å². The molecule has 0 aliphatic heterocycles. The maximum atomic E-state index is 11.1. The molecule has 6 heteroatoms. The van der Waals surface area contributed by atoms with Gasteiger partial charge in [0.25, 0.3) is 0 Å². The maximum Gasteiger partial charge on any atom is 0.305 e. The molecular formula is C12H18ClN3O2. The summed E-state index contributed by atoms with van der Waals surface area (Å²) in [6.07, 6.45) is 1.83. The van der Waals surface area contributed by atoms with Gasteiger partial charge in [0.15, 0.2) is 0 Å². The number of carbonyl (C=O) groups excluding carboxylic acids is 1. The van der Waals surface area contributed by atoms with Crippen molar-refractivity contribution in [1.29, 1.82) is 0 Å². The van der Waals surface area contributed by atoms with Gasteiger partial charge in [-0.25, -0.2) is 9.97 Å². The van der Waals surface area contributed by atoms with Crippen molar-refractivity contribution >= 4 is 23.4 Å². The summed E-state index contributed by atoms with van der Waals surface area (Å²) in [5.74, 6) is 1.22. The number of nitrogens with one attached hydrogen (secondary N) is 1.